The molecule has 0 spiro atoms. The Bertz CT molecular complexity index is 1060. The topological polar surface area (TPSA) is 29.5 Å². The van der Waals surface area contributed by atoms with Crippen LogP contribution in [0.1, 0.15) is 11.1 Å². The van der Waals surface area contributed by atoms with E-state index in [4.69, 9.17) is 4.74 Å². The van der Waals surface area contributed by atoms with Crippen LogP contribution in [-0.2, 0) is 0 Å². The van der Waals surface area contributed by atoms with Gasteiger partial charge in [0, 0.05) is 10.9 Å². The van der Waals surface area contributed by atoms with Gasteiger partial charge < -0.3 is 9.84 Å². The van der Waals surface area contributed by atoms with E-state index in [0.717, 1.165) is 27.6 Å². The van der Waals surface area contributed by atoms with Crippen molar-refractivity contribution in [3.05, 3.63) is 90.0 Å². The van der Waals surface area contributed by atoms with Gasteiger partial charge in [0.2, 0.25) is 0 Å². The lowest BCUT2D eigenvalue weighted by atomic mass is 9.98. The summed E-state index contributed by atoms with van der Waals surface area (Å²) < 4.78 is 6.29. The standard InChI is InChI=1S/C24H20O2/c1-16-3-6-18(7-4-16)22-14-8-19-15-17(2)5-13-23(19)24(22)26-21-11-9-20(25)10-12-21/h3-15,25H,1-2H3. The molecule has 26 heavy (non-hydrogen) atoms. The molecule has 2 nitrogen and oxygen atoms in total. The van der Waals surface area contributed by atoms with Crippen molar-refractivity contribution in [2.45, 2.75) is 13.8 Å². The summed E-state index contributed by atoms with van der Waals surface area (Å²) in [6.07, 6.45) is 0. The molecule has 0 saturated carbocycles. The van der Waals surface area contributed by atoms with E-state index in [9.17, 15) is 5.11 Å². The molecule has 4 rings (SSSR count). The van der Waals surface area contributed by atoms with Gasteiger partial charge in [-0.15, -0.1) is 0 Å². The van der Waals surface area contributed by atoms with Crippen LogP contribution in [0.5, 0.6) is 17.2 Å². The van der Waals surface area contributed by atoms with Crippen molar-refractivity contribution in [3.63, 3.8) is 0 Å². The molecule has 0 aliphatic rings. The molecule has 0 saturated heterocycles. The zero-order chi connectivity index (χ0) is 18.1. The van der Waals surface area contributed by atoms with Crippen LogP contribution in [0.25, 0.3) is 21.9 Å². The Kier molecular flexibility index (Phi) is 4.10. The highest BCUT2D eigenvalue weighted by Crippen LogP contribution is 2.40. The molecule has 0 aromatic heterocycles. The summed E-state index contributed by atoms with van der Waals surface area (Å²) in [5.41, 5.74) is 4.61. The van der Waals surface area contributed by atoms with Gasteiger partial charge in [0.25, 0.3) is 0 Å². The van der Waals surface area contributed by atoms with Gasteiger partial charge in [-0.05, 0) is 55.1 Å². The zero-order valence-electron chi connectivity index (χ0n) is 14.9. The van der Waals surface area contributed by atoms with Crippen molar-refractivity contribution < 1.29 is 9.84 Å². The van der Waals surface area contributed by atoms with Crippen molar-refractivity contribution >= 4 is 10.8 Å². The van der Waals surface area contributed by atoms with Gasteiger partial charge in [0.15, 0.2) is 0 Å². The van der Waals surface area contributed by atoms with Crippen LogP contribution < -0.4 is 4.74 Å². The van der Waals surface area contributed by atoms with E-state index < -0.39 is 0 Å². The minimum Gasteiger partial charge on any atom is -0.508 e. The molecule has 1 N–H and O–H groups in total. The summed E-state index contributed by atoms with van der Waals surface area (Å²) in [4.78, 5) is 0. The Balaban J connectivity index is 1.91. The van der Waals surface area contributed by atoms with Crippen LogP contribution in [-0.4, -0.2) is 5.11 Å². The van der Waals surface area contributed by atoms with Crippen LogP contribution >= 0.6 is 0 Å². The van der Waals surface area contributed by atoms with Gasteiger partial charge in [0.1, 0.15) is 17.2 Å². The minimum absolute atomic E-state index is 0.227. The lowest BCUT2D eigenvalue weighted by molar-refractivity contribution is 0.466. The van der Waals surface area contributed by atoms with Crippen molar-refractivity contribution in [1.29, 1.82) is 0 Å². The summed E-state index contributed by atoms with van der Waals surface area (Å²) in [7, 11) is 0. The van der Waals surface area contributed by atoms with Crippen LogP contribution in [0.4, 0.5) is 0 Å². The monoisotopic (exact) mass is 340 g/mol. The smallest absolute Gasteiger partial charge is 0.143 e. The molecule has 0 atom stereocenters. The van der Waals surface area contributed by atoms with Gasteiger partial charge in [-0.25, -0.2) is 0 Å². The summed E-state index contributed by atoms with van der Waals surface area (Å²) in [5.74, 6) is 1.76. The van der Waals surface area contributed by atoms with Gasteiger partial charge in [-0.2, -0.15) is 0 Å². The van der Waals surface area contributed by atoms with Crippen LogP contribution in [0.2, 0.25) is 0 Å². The number of phenolic OH excluding ortho intramolecular Hbond substituents is 1. The van der Waals surface area contributed by atoms with E-state index in [1.165, 1.54) is 11.1 Å². The Morgan fingerprint density at radius 3 is 2.12 bits per heavy atom. The molecule has 0 amide bonds. The van der Waals surface area contributed by atoms with Gasteiger partial charge >= 0.3 is 0 Å². The second-order valence-electron chi connectivity index (χ2n) is 6.63. The highest BCUT2D eigenvalue weighted by molar-refractivity contribution is 5.95. The number of rotatable bonds is 3. The van der Waals surface area contributed by atoms with E-state index in [2.05, 4.69) is 68.4 Å². The number of benzene rings is 4. The number of hydrogen-bond donors (Lipinski definition) is 1. The number of ether oxygens (including phenoxy) is 1. The first-order valence-electron chi connectivity index (χ1n) is 8.67. The first-order chi connectivity index (χ1) is 12.6. The predicted molar refractivity (Wildman–Crippen MR) is 107 cm³/mol. The highest BCUT2D eigenvalue weighted by atomic mass is 16.5. The number of hydrogen-bond acceptors (Lipinski definition) is 2. The maximum Gasteiger partial charge on any atom is 0.143 e. The van der Waals surface area contributed by atoms with E-state index in [1.54, 1.807) is 24.3 Å². The number of aryl methyl sites for hydroxylation is 2. The van der Waals surface area contributed by atoms with Gasteiger partial charge in [0.05, 0.1) is 0 Å². The van der Waals surface area contributed by atoms with Crippen LogP contribution in [0.3, 0.4) is 0 Å². The maximum absolute atomic E-state index is 9.53. The quantitative estimate of drug-likeness (QED) is 0.454. The number of aromatic hydroxyl groups is 1. The highest BCUT2D eigenvalue weighted by Gasteiger charge is 2.12. The summed E-state index contributed by atoms with van der Waals surface area (Å²) in [6.45, 7) is 4.18. The van der Waals surface area contributed by atoms with Crippen molar-refractivity contribution in [2.24, 2.45) is 0 Å². The van der Waals surface area contributed by atoms with E-state index in [0.29, 0.717) is 5.75 Å². The van der Waals surface area contributed by atoms with Gasteiger partial charge in [-0.3, -0.25) is 0 Å². The fourth-order valence-electron chi connectivity index (χ4n) is 3.12. The third-order valence-corrected chi connectivity index (χ3v) is 4.55. The zero-order valence-corrected chi connectivity index (χ0v) is 14.9. The van der Waals surface area contributed by atoms with E-state index in [-0.39, 0.29) is 5.75 Å². The third kappa shape index (κ3) is 3.14. The van der Waals surface area contributed by atoms with E-state index >= 15 is 0 Å². The molecule has 4 aromatic carbocycles. The Hall–Kier alpha value is -3.26. The normalized spacial score (nSPS) is 10.8. The van der Waals surface area contributed by atoms with Crippen LogP contribution in [0, 0.1) is 13.8 Å². The lowest BCUT2D eigenvalue weighted by Crippen LogP contribution is -1.91. The lowest BCUT2D eigenvalue weighted by Gasteiger charge is -2.15. The molecule has 4 aromatic rings. The fraction of sp³-hybridized carbons (Fsp3) is 0.0833. The summed E-state index contributed by atoms with van der Waals surface area (Å²) >= 11 is 0. The second kappa shape index (κ2) is 6.57. The average molecular weight is 340 g/mol. The molecule has 0 heterocycles. The minimum atomic E-state index is 0.227. The van der Waals surface area contributed by atoms with Crippen LogP contribution in [0.15, 0.2) is 78.9 Å². The first kappa shape index (κ1) is 16.2. The van der Waals surface area contributed by atoms with Crippen molar-refractivity contribution in [1.82, 2.24) is 0 Å². The molecule has 0 aliphatic carbocycles. The van der Waals surface area contributed by atoms with E-state index in [1.807, 2.05) is 0 Å². The summed E-state index contributed by atoms with van der Waals surface area (Å²) in [5, 5.41) is 11.7. The first-order valence-corrected chi connectivity index (χ1v) is 8.67. The molecular weight excluding hydrogens is 320 g/mol. The summed E-state index contributed by atoms with van der Waals surface area (Å²) in [6, 6.07) is 25.9. The molecule has 128 valence electrons. The number of fused-ring (bicyclic) bond motifs is 1. The third-order valence-electron chi connectivity index (χ3n) is 4.55. The molecule has 0 radical (unpaired) electrons. The number of phenols is 1. The Morgan fingerprint density at radius 1 is 0.692 bits per heavy atom. The fourth-order valence-corrected chi connectivity index (χ4v) is 3.12. The molecular formula is C24H20O2. The molecule has 0 fully saturated rings. The van der Waals surface area contributed by atoms with Gasteiger partial charge in [-0.1, -0.05) is 59.7 Å². The Labute approximate surface area is 153 Å². The Morgan fingerprint density at radius 2 is 1.38 bits per heavy atom. The second-order valence-corrected chi connectivity index (χ2v) is 6.63. The predicted octanol–water partition coefficient (Wildman–Crippen LogP) is 6.62. The molecule has 2 heteroatoms. The van der Waals surface area contributed by atoms with Crippen molar-refractivity contribution in [2.75, 3.05) is 0 Å². The molecule has 0 unspecified atom stereocenters. The average Bonchev–Trinajstić information content (AvgIpc) is 2.64. The largest absolute Gasteiger partial charge is 0.508 e. The molecule has 0 aliphatic heterocycles. The molecule has 0 bridgehead atoms. The maximum atomic E-state index is 9.53. The SMILES string of the molecule is Cc1ccc(-c2ccc3cc(C)ccc3c2Oc2ccc(O)cc2)cc1. The van der Waals surface area contributed by atoms with Crippen molar-refractivity contribution in [3.8, 4) is 28.4 Å².